The molecule has 0 aromatic heterocycles. The number of methoxy groups -OCH3 is 2. The van der Waals surface area contributed by atoms with Crippen LogP contribution in [0, 0.1) is 0 Å². The maximum absolute atomic E-state index is 13.4. The number of carbonyl (C=O) groups excluding carboxylic acids is 1. The first-order valence-corrected chi connectivity index (χ1v) is 11.8. The Morgan fingerprint density at radius 1 is 1.06 bits per heavy atom. The minimum absolute atomic E-state index is 0.0164. The number of benzene rings is 2. The molecule has 2 aromatic carbocycles. The van der Waals surface area contributed by atoms with Crippen LogP contribution in [0.4, 0.5) is 0 Å². The summed E-state index contributed by atoms with van der Waals surface area (Å²) in [4.78, 5) is 12.6. The van der Waals surface area contributed by atoms with Crippen LogP contribution in [0.15, 0.2) is 53.4 Å². The number of amides is 1. The molecule has 2 aromatic rings. The summed E-state index contributed by atoms with van der Waals surface area (Å²) in [5, 5.41) is 2.88. The topological polar surface area (TPSA) is 84.9 Å². The molecule has 1 amide bonds. The molecule has 0 saturated carbocycles. The first kappa shape index (κ1) is 24.7. The van der Waals surface area contributed by atoms with Gasteiger partial charge in [0, 0.05) is 18.7 Å². The van der Waals surface area contributed by atoms with Crippen LogP contribution >= 0.6 is 0 Å². The molecule has 0 heterocycles. The highest BCUT2D eigenvalue weighted by Gasteiger charge is 2.28. The van der Waals surface area contributed by atoms with Crippen molar-refractivity contribution in [1.82, 2.24) is 9.62 Å². The van der Waals surface area contributed by atoms with Gasteiger partial charge < -0.3 is 14.8 Å². The summed E-state index contributed by atoms with van der Waals surface area (Å²) in [6.45, 7) is 3.88. The molecule has 0 aliphatic carbocycles. The lowest BCUT2D eigenvalue weighted by Crippen LogP contribution is -2.44. The molecule has 0 bridgehead atoms. The van der Waals surface area contributed by atoms with Crippen molar-refractivity contribution in [3.8, 4) is 11.5 Å². The van der Waals surface area contributed by atoms with Gasteiger partial charge in [0.1, 0.15) is 0 Å². The van der Waals surface area contributed by atoms with Crippen molar-refractivity contribution in [1.29, 1.82) is 0 Å². The average Bonchev–Trinajstić information content (AvgIpc) is 2.76. The number of nitrogens with zero attached hydrogens (tertiary/aromatic N) is 1. The van der Waals surface area contributed by atoms with E-state index in [2.05, 4.69) is 5.32 Å². The lowest BCUT2D eigenvalue weighted by molar-refractivity contribution is -0.121. The molecule has 0 radical (unpaired) electrons. The lowest BCUT2D eigenvalue weighted by Gasteiger charge is -2.23. The molecule has 170 valence electrons. The summed E-state index contributed by atoms with van der Waals surface area (Å²) in [7, 11) is -1.00. The van der Waals surface area contributed by atoms with Gasteiger partial charge in [0.05, 0.1) is 25.7 Å². The Hall–Kier alpha value is -2.58. The number of hydrogen-bond acceptors (Lipinski definition) is 5. The molecule has 0 aliphatic rings. The van der Waals surface area contributed by atoms with E-state index in [1.807, 2.05) is 44.2 Å². The monoisotopic (exact) mass is 448 g/mol. The van der Waals surface area contributed by atoms with Gasteiger partial charge in [0.25, 0.3) is 0 Å². The van der Waals surface area contributed by atoms with E-state index >= 15 is 0 Å². The van der Waals surface area contributed by atoms with Gasteiger partial charge in [-0.2, -0.15) is 4.31 Å². The van der Waals surface area contributed by atoms with Gasteiger partial charge in [-0.25, -0.2) is 8.42 Å². The highest BCUT2D eigenvalue weighted by molar-refractivity contribution is 7.89. The van der Waals surface area contributed by atoms with Crippen molar-refractivity contribution < 1.29 is 22.7 Å². The number of carbonyl (C=O) groups is 1. The molecule has 0 saturated heterocycles. The van der Waals surface area contributed by atoms with Crippen LogP contribution in [0.25, 0.3) is 0 Å². The molecule has 7 nitrogen and oxygen atoms in total. The van der Waals surface area contributed by atoms with Gasteiger partial charge in [0.15, 0.2) is 11.5 Å². The van der Waals surface area contributed by atoms with Crippen molar-refractivity contribution in [2.75, 3.05) is 27.3 Å². The summed E-state index contributed by atoms with van der Waals surface area (Å²) < 4.78 is 38.5. The van der Waals surface area contributed by atoms with Crippen molar-refractivity contribution in [2.24, 2.45) is 0 Å². The second-order valence-corrected chi connectivity index (χ2v) is 9.29. The van der Waals surface area contributed by atoms with Crippen LogP contribution < -0.4 is 14.8 Å². The summed E-state index contributed by atoms with van der Waals surface area (Å²) in [5.74, 6) is 0.425. The van der Waals surface area contributed by atoms with Crippen molar-refractivity contribution in [3.05, 3.63) is 54.1 Å². The van der Waals surface area contributed by atoms with E-state index in [1.54, 1.807) is 6.07 Å². The van der Waals surface area contributed by atoms with E-state index in [-0.39, 0.29) is 29.9 Å². The zero-order valence-corrected chi connectivity index (χ0v) is 19.4. The molecule has 31 heavy (non-hydrogen) atoms. The van der Waals surface area contributed by atoms with Crippen LogP contribution in [-0.2, 0) is 21.2 Å². The highest BCUT2D eigenvalue weighted by Crippen LogP contribution is 2.30. The van der Waals surface area contributed by atoms with Gasteiger partial charge in [-0.3, -0.25) is 4.79 Å². The Labute approximate surface area is 185 Å². The smallest absolute Gasteiger partial charge is 0.243 e. The maximum Gasteiger partial charge on any atom is 0.243 e. The first-order valence-electron chi connectivity index (χ1n) is 10.4. The fourth-order valence-corrected chi connectivity index (χ4v) is 4.71. The van der Waals surface area contributed by atoms with Crippen LogP contribution in [-0.4, -0.2) is 52.0 Å². The predicted octanol–water partition coefficient (Wildman–Crippen LogP) is 3.24. The third kappa shape index (κ3) is 6.97. The predicted molar refractivity (Wildman–Crippen MR) is 121 cm³/mol. The van der Waals surface area contributed by atoms with Crippen LogP contribution in [0.5, 0.6) is 11.5 Å². The third-order valence-electron chi connectivity index (χ3n) is 4.93. The standard InChI is InChI=1S/C23H32N2O5S/c1-5-9-18(2)24-23(26)17-25(15-14-19-10-7-6-8-11-19)31(27,28)20-12-13-21(29-3)22(16-20)30-4/h6-8,10-13,16,18H,5,9,14-15,17H2,1-4H3,(H,24,26)/t18-/m0/s1. The van der Waals surface area contributed by atoms with E-state index < -0.39 is 10.0 Å². The van der Waals surface area contributed by atoms with E-state index in [0.29, 0.717) is 17.9 Å². The van der Waals surface area contributed by atoms with Gasteiger partial charge >= 0.3 is 0 Å². The zero-order valence-electron chi connectivity index (χ0n) is 18.6. The number of rotatable bonds is 12. The second kappa shape index (κ2) is 11.7. The molecule has 0 spiro atoms. The molecular weight excluding hydrogens is 416 g/mol. The lowest BCUT2D eigenvalue weighted by atomic mass is 10.1. The summed E-state index contributed by atoms with van der Waals surface area (Å²) in [6.07, 6.45) is 2.26. The SMILES string of the molecule is CCC[C@H](C)NC(=O)CN(CCc1ccccc1)S(=O)(=O)c1ccc(OC)c(OC)c1. The first-order chi connectivity index (χ1) is 14.8. The highest BCUT2D eigenvalue weighted by atomic mass is 32.2. The Morgan fingerprint density at radius 3 is 2.35 bits per heavy atom. The van der Waals surface area contributed by atoms with Gasteiger partial charge in [-0.05, 0) is 37.5 Å². The van der Waals surface area contributed by atoms with Crippen molar-refractivity contribution in [3.63, 3.8) is 0 Å². The fourth-order valence-electron chi connectivity index (χ4n) is 3.29. The minimum atomic E-state index is -3.93. The summed E-state index contributed by atoms with van der Waals surface area (Å²) in [5.41, 5.74) is 0.995. The van der Waals surface area contributed by atoms with Gasteiger partial charge in [-0.1, -0.05) is 43.7 Å². The number of nitrogens with one attached hydrogen (secondary N) is 1. The summed E-state index contributed by atoms with van der Waals surface area (Å²) in [6, 6.07) is 14.0. The van der Waals surface area contributed by atoms with E-state index in [0.717, 1.165) is 18.4 Å². The molecule has 0 fully saturated rings. The van der Waals surface area contributed by atoms with Crippen LogP contribution in [0.3, 0.4) is 0 Å². The Balaban J connectivity index is 2.29. The van der Waals surface area contributed by atoms with Gasteiger partial charge in [0.2, 0.25) is 15.9 Å². The quantitative estimate of drug-likeness (QED) is 0.539. The molecule has 8 heteroatoms. The maximum atomic E-state index is 13.4. The third-order valence-corrected chi connectivity index (χ3v) is 6.78. The average molecular weight is 449 g/mol. The molecule has 0 unspecified atom stereocenters. The zero-order chi connectivity index (χ0) is 22.9. The van der Waals surface area contributed by atoms with E-state index in [9.17, 15) is 13.2 Å². The molecule has 2 rings (SSSR count). The molecule has 1 N–H and O–H groups in total. The second-order valence-electron chi connectivity index (χ2n) is 7.35. The largest absolute Gasteiger partial charge is 0.493 e. The number of ether oxygens (including phenoxy) is 2. The van der Waals surface area contributed by atoms with Crippen LogP contribution in [0.2, 0.25) is 0 Å². The Morgan fingerprint density at radius 2 is 1.74 bits per heavy atom. The normalized spacial score (nSPS) is 12.4. The van der Waals surface area contributed by atoms with E-state index in [4.69, 9.17) is 9.47 Å². The summed E-state index contributed by atoms with van der Waals surface area (Å²) >= 11 is 0. The molecule has 1 atom stereocenters. The number of sulfonamides is 1. The van der Waals surface area contributed by atoms with Crippen molar-refractivity contribution >= 4 is 15.9 Å². The minimum Gasteiger partial charge on any atom is -0.493 e. The van der Waals surface area contributed by atoms with E-state index in [1.165, 1.54) is 30.7 Å². The molecule has 0 aliphatic heterocycles. The van der Waals surface area contributed by atoms with Crippen LogP contribution in [0.1, 0.15) is 32.3 Å². The Kier molecular flexibility index (Phi) is 9.33. The fraction of sp³-hybridized carbons (Fsp3) is 0.435. The Bertz CT molecular complexity index is 948. The number of hydrogen-bond donors (Lipinski definition) is 1. The van der Waals surface area contributed by atoms with Gasteiger partial charge in [-0.15, -0.1) is 0 Å². The molecular formula is C23H32N2O5S. The van der Waals surface area contributed by atoms with Crippen molar-refractivity contribution in [2.45, 2.75) is 44.0 Å².